The van der Waals surface area contributed by atoms with E-state index < -0.39 is 5.82 Å². The van der Waals surface area contributed by atoms with E-state index >= 15 is 0 Å². The molecule has 0 heterocycles. The SMILES string of the molecule is C=C(CN(C)CC(C)CNC)/N=C(\C)Cc1ccc(-c2cc(F)c(O)cc2CC)cc1C. The fourth-order valence-corrected chi connectivity index (χ4v) is 4.17. The molecule has 2 aromatic rings. The van der Waals surface area contributed by atoms with Gasteiger partial charge < -0.3 is 15.3 Å². The van der Waals surface area contributed by atoms with Crippen molar-refractivity contribution in [2.75, 3.05) is 33.7 Å². The van der Waals surface area contributed by atoms with Gasteiger partial charge in [0.1, 0.15) is 0 Å². The van der Waals surface area contributed by atoms with Crippen LogP contribution in [-0.2, 0) is 12.8 Å². The number of halogens is 1. The van der Waals surface area contributed by atoms with E-state index in [0.717, 1.165) is 66.1 Å². The lowest BCUT2D eigenvalue weighted by Crippen LogP contribution is -2.30. The monoisotopic (exact) mass is 439 g/mol. The topological polar surface area (TPSA) is 47.9 Å². The van der Waals surface area contributed by atoms with Gasteiger partial charge in [-0.05, 0) is 86.8 Å². The summed E-state index contributed by atoms with van der Waals surface area (Å²) < 4.78 is 14.0. The number of rotatable bonds is 11. The van der Waals surface area contributed by atoms with Gasteiger partial charge in [-0.1, -0.05) is 38.6 Å². The van der Waals surface area contributed by atoms with Gasteiger partial charge in [0.15, 0.2) is 11.6 Å². The molecule has 2 rings (SSSR count). The Morgan fingerprint density at radius 3 is 2.59 bits per heavy atom. The number of hydrogen-bond donors (Lipinski definition) is 2. The summed E-state index contributed by atoms with van der Waals surface area (Å²) >= 11 is 0. The summed E-state index contributed by atoms with van der Waals surface area (Å²) in [5.41, 5.74) is 6.92. The van der Waals surface area contributed by atoms with Crippen LogP contribution in [0.4, 0.5) is 4.39 Å². The van der Waals surface area contributed by atoms with E-state index in [1.807, 2.05) is 27.0 Å². The molecule has 0 aromatic heterocycles. The first-order chi connectivity index (χ1) is 15.1. The number of nitrogens with one attached hydrogen (secondary N) is 1. The van der Waals surface area contributed by atoms with Crippen LogP contribution in [0.3, 0.4) is 0 Å². The molecule has 0 bridgehead atoms. The molecule has 0 amide bonds. The standard InChI is InChI=1S/C27H38FN3O/c1-8-22-13-27(32)26(28)14-25(22)24-10-9-23(19(3)11-24)12-20(4)30-21(5)17-31(7)16-18(2)15-29-6/h9-11,13-14,18,29,32H,5,8,12,15-17H2,1-4,6-7H3/b30-20+. The van der Waals surface area contributed by atoms with Crippen LogP contribution in [-0.4, -0.2) is 49.4 Å². The van der Waals surface area contributed by atoms with Crippen LogP contribution in [0, 0.1) is 18.7 Å². The van der Waals surface area contributed by atoms with E-state index in [4.69, 9.17) is 4.99 Å². The van der Waals surface area contributed by atoms with Crippen LogP contribution in [0.1, 0.15) is 37.5 Å². The summed E-state index contributed by atoms with van der Waals surface area (Å²) in [4.78, 5) is 6.98. The Morgan fingerprint density at radius 1 is 1.25 bits per heavy atom. The van der Waals surface area contributed by atoms with Crippen molar-refractivity contribution in [2.45, 2.75) is 40.5 Å². The minimum Gasteiger partial charge on any atom is -0.505 e. The second kappa shape index (κ2) is 11.9. The molecular weight excluding hydrogens is 401 g/mol. The van der Waals surface area contributed by atoms with Crippen molar-refractivity contribution in [1.82, 2.24) is 10.2 Å². The molecule has 32 heavy (non-hydrogen) atoms. The van der Waals surface area contributed by atoms with Gasteiger partial charge in [-0.25, -0.2) is 4.39 Å². The molecule has 0 aliphatic carbocycles. The average Bonchev–Trinajstić information content (AvgIpc) is 2.70. The maximum absolute atomic E-state index is 14.0. The second-order valence-electron chi connectivity index (χ2n) is 8.91. The molecule has 4 nitrogen and oxygen atoms in total. The van der Waals surface area contributed by atoms with Crippen molar-refractivity contribution in [3.63, 3.8) is 0 Å². The van der Waals surface area contributed by atoms with Gasteiger partial charge in [0.25, 0.3) is 0 Å². The van der Waals surface area contributed by atoms with Gasteiger partial charge in [0.2, 0.25) is 0 Å². The predicted molar refractivity (Wildman–Crippen MR) is 134 cm³/mol. The maximum atomic E-state index is 14.0. The minimum atomic E-state index is -0.592. The normalized spacial score (nSPS) is 12.9. The van der Waals surface area contributed by atoms with Crippen LogP contribution in [0.15, 0.2) is 47.6 Å². The fraction of sp³-hybridized carbons (Fsp3) is 0.444. The fourth-order valence-electron chi connectivity index (χ4n) is 4.17. The number of hydrogen-bond acceptors (Lipinski definition) is 4. The summed E-state index contributed by atoms with van der Waals surface area (Å²) in [5.74, 6) is -0.321. The zero-order valence-corrected chi connectivity index (χ0v) is 20.4. The number of benzene rings is 2. The van der Waals surface area contributed by atoms with E-state index in [1.54, 1.807) is 0 Å². The Kier molecular flexibility index (Phi) is 9.60. The number of nitrogens with zero attached hydrogens (tertiary/aromatic N) is 2. The Hall–Kier alpha value is -2.50. The zero-order chi connectivity index (χ0) is 23.8. The number of aromatic hydroxyl groups is 1. The third-order valence-corrected chi connectivity index (χ3v) is 5.63. The van der Waals surface area contributed by atoms with Gasteiger partial charge in [-0.2, -0.15) is 0 Å². The molecule has 2 N–H and O–H groups in total. The summed E-state index contributed by atoms with van der Waals surface area (Å²) in [6.45, 7) is 15.2. The molecule has 0 aliphatic rings. The molecular formula is C27H38FN3O. The average molecular weight is 440 g/mol. The van der Waals surface area contributed by atoms with Crippen molar-refractivity contribution >= 4 is 5.71 Å². The summed E-state index contributed by atoms with van der Waals surface area (Å²) in [6, 6.07) is 9.13. The van der Waals surface area contributed by atoms with E-state index in [-0.39, 0.29) is 5.75 Å². The van der Waals surface area contributed by atoms with Gasteiger partial charge in [-0.15, -0.1) is 0 Å². The lowest BCUT2D eigenvalue weighted by atomic mass is 9.93. The first-order valence-electron chi connectivity index (χ1n) is 11.3. The van der Waals surface area contributed by atoms with E-state index in [2.05, 4.69) is 49.8 Å². The predicted octanol–water partition coefficient (Wildman–Crippen LogP) is 5.37. The number of phenols is 1. The first kappa shape index (κ1) is 25.8. The Labute approximate surface area is 192 Å². The molecule has 1 unspecified atom stereocenters. The van der Waals surface area contributed by atoms with Crippen molar-refractivity contribution < 1.29 is 9.50 Å². The molecule has 5 heteroatoms. The van der Waals surface area contributed by atoms with Crippen molar-refractivity contribution in [3.8, 4) is 16.9 Å². The van der Waals surface area contributed by atoms with Crippen molar-refractivity contribution in [2.24, 2.45) is 10.9 Å². The molecule has 1 atom stereocenters. The maximum Gasteiger partial charge on any atom is 0.165 e. The van der Waals surface area contributed by atoms with Crippen LogP contribution in [0.2, 0.25) is 0 Å². The largest absolute Gasteiger partial charge is 0.505 e. The molecule has 174 valence electrons. The highest BCUT2D eigenvalue weighted by atomic mass is 19.1. The highest BCUT2D eigenvalue weighted by molar-refractivity contribution is 5.85. The highest BCUT2D eigenvalue weighted by Gasteiger charge is 2.12. The Morgan fingerprint density at radius 2 is 1.97 bits per heavy atom. The lowest BCUT2D eigenvalue weighted by molar-refractivity contribution is 0.302. The quantitative estimate of drug-likeness (QED) is 0.463. The molecule has 0 saturated heterocycles. The first-order valence-corrected chi connectivity index (χ1v) is 11.3. The summed E-state index contributed by atoms with van der Waals surface area (Å²) in [5, 5.41) is 12.9. The smallest absolute Gasteiger partial charge is 0.165 e. The van der Waals surface area contributed by atoms with E-state index in [1.165, 1.54) is 17.7 Å². The molecule has 0 fully saturated rings. The minimum absolute atomic E-state index is 0.298. The third kappa shape index (κ3) is 7.28. The van der Waals surface area contributed by atoms with Crippen LogP contribution >= 0.6 is 0 Å². The lowest BCUT2D eigenvalue weighted by Gasteiger charge is -2.21. The molecule has 0 saturated carbocycles. The molecule has 0 radical (unpaired) electrons. The van der Waals surface area contributed by atoms with Gasteiger partial charge >= 0.3 is 0 Å². The van der Waals surface area contributed by atoms with Crippen molar-refractivity contribution in [1.29, 1.82) is 0 Å². The second-order valence-corrected chi connectivity index (χ2v) is 8.91. The van der Waals surface area contributed by atoms with Gasteiger partial charge in [-0.3, -0.25) is 4.99 Å². The Balaban J connectivity index is 2.09. The molecule has 0 spiro atoms. The van der Waals surface area contributed by atoms with Crippen LogP contribution < -0.4 is 5.32 Å². The van der Waals surface area contributed by atoms with Crippen LogP contribution in [0.5, 0.6) is 5.75 Å². The van der Waals surface area contributed by atoms with Gasteiger partial charge in [0, 0.05) is 30.9 Å². The highest BCUT2D eigenvalue weighted by Crippen LogP contribution is 2.31. The third-order valence-electron chi connectivity index (χ3n) is 5.63. The summed E-state index contributed by atoms with van der Waals surface area (Å²) in [7, 11) is 4.07. The molecule has 2 aromatic carbocycles. The number of likely N-dealkylation sites (N-methyl/N-ethyl adjacent to an activating group) is 1. The summed E-state index contributed by atoms with van der Waals surface area (Å²) in [6.07, 6.45) is 1.47. The molecule has 0 aliphatic heterocycles. The number of aliphatic imine (C=N–C) groups is 1. The zero-order valence-electron chi connectivity index (χ0n) is 20.4. The van der Waals surface area contributed by atoms with E-state index in [0.29, 0.717) is 5.92 Å². The van der Waals surface area contributed by atoms with E-state index in [9.17, 15) is 9.50 Å². The number of phenolic OH excluding ortho intramolecular Hbond substituents is 1. The number of aryl methyl sites for hydroxylation is 2. The Bertz CT molecular complexity index is 968. The van der Waals surface area contributed by atoms with Crippen molar-refractivity contribution in [3.05, 3.63) is 65.1 Å². The van der Waals surface area contributed by atoms with Gasteiger partial charge in [0.05, 0.1) is 0 Å². The van der Waals surface area contributed by atoms with Crippen LogP contribution in [0.25, 0.3) is 11.1 Å².